The van der Waals surface area contributed by atoms with E-state index in [0.717, 1.165) is 6.92 Å². The largest absolute Gasteiger partial charge is 0.493 e. The molecule has 1 aromatic heterocycles. The fourth-order valence-corrected chi connectivity index (χ4v) is 1.18. The predicted molar refractivity (Wildman–Crippen MR) is 47.3 cm³/mol. The van der Waals surface area contributed by atoms with Gasteiger partial charge in [-0.05, 0) is 0 Å². The summed E-state index contributed by atoms with van der Waals surface area (Å²) in [6.45, 7) is 0.768. The topological polar surface area (TPSA) is 53.1 Å². The zero-order chi connectivity index (χ0) is 10.9. The number of methoxy groups -OCH3 is 1. The molecule has 0 spiro atoms. The van der Waals surface area contributed by atoms with Gasteiger partial charge in [-0.3, -0.25) is 4.68 Å². The first-order valence-corrected chi connectivity index (χ1v) is 4.07. The second kappa shape index (κ2) is 3.53. The van der Waals surface area contributed by atoms with Gasteiger partial charge in [-0.15, -0.1) is 0 Å². The average Bonchev–Trinajstić information content (AvgIpc) is 2.43. The Morgan fingerprint density at radius 1 is 1.64 bits per heavy atom. The minimum atomic E-state index is -3.00. The molecular formula is C8H13F2N3O. The van der Waals surface area contributed by atoms with Crippen LogP contribution in [0.2, 0.25) is 0 Å². The van der Waals surface area contributed by atoms with Gasteiger partial charge in [-0.1, -0.05) is 0 Å². The molecule has 0 aliphatic rings. The number of aromatic nitrogens is 2. The molecule has 2 N–H and O–H groups in total. The van der Waals surface area contributed by atoms with E-state index >= 15 is 0 Å². The molecule has 1 aromatic rings. The van der Waals surface area contributed by atoms with Crippen LogP contribution in [0.25, 0.3) is 0 Å². The first-order valence-electron chi connectivity index (χ1n) is 4.07. The summed E-state index contributed by atoms with van der Waals surface area (Å²) < 4.78 is 32.1. The van der Waals surface area contributed by atoms with Crippen LogP contribution < -0.4 is 10.5 Å². The maximum absolute atomic E-state index is 13.0. The number of rotatable bonds is 3. The van der Waals surface area contributed by atoms with Gasteiger partial charge in [0.2, 0.25) is 0 Å². The number of hydrogen-bond acceptors (Lipinski definition) is 3. The van der Waals surface area contributed by atoms with Crippen LogP contribution in [-0.2, 0) is 7.05 Å². The van der Waals surface area contributed by atoms with E-state index in [1.807, 2.05) is 0 Å². The van der Waals surface area contributed by atoms with Gasteiger partial charge in [0.15, 0.2) is 5.75 Å². The molecule has 14 heavy (non-hydrogen) atoms. The van der Waals surface area contributed by atoms with Crippen LogP contribution >= 0.6 is 0 Å². The second-order valence-electron chi connectivity index (χ2n) is 3.16. The maximum Gasteiger partial charge on any atom is 0.265 e. The molecule has 0 bridgehead atoms. The van der Waals surface area contributed by atoms with Gasteiger partial charge >= 0.3 is 0 Å². The lowest BCUT2D eigenvalue weighted by atomic mass is 10.1. The van der Waals surface area contributed by atoms with Crippen LogP contribution in [0.3, 0.4) is 0 Å². The highest BCUT2D eigenvalue weighted by molar-refractivity contribution is 5.29. The summed E-state index contributed by atoms with van der Waals surface area (Å²) in [7, 11) is 2.94. The Bertz CT molecular complexity index is 319. The number of halogens is 2. The summed E-state index contributed by atoms with van der Waals surface area (Å²) in [5.74, 6) is -2.72. The zero-order valence-corrected chi connectivity index (χ0v) is 8.29. The minimum Gasteiger partial charge on any atom is -0.493 e. The standard InChI is InChI=1S/C8H13F2N3O/c1-8(9,10)7(11)6-5(14-3)4-12-13(6)2/h4,7H,11H2,1-3H3. The number of alkyl halides is 2. The Labute approximate surface area is 80.6 Å². The third-order valence-electron chi connectivity index (χ3n) is 2.01. The Morgan fingerprint density at radius 3 is 2.64 bits per heavy atom. The lowest BCUT2D eigenvalue weighted by Gasteiger charge is -2.20. The van der Waals surface area contributed by atoms with Gasteiger partial charge < -0.3 is 10.5 Å². The summed E-state index contributed by atoms with van der Waals surface area (Å²) in [5.41, 5.74) is 5.60. The minimum absolute atomic E-state index is 0.194. The molecule has 0 saturated heterocycles. The second-order valence-corrected chi connectivity index (χ2v) is 3.16. The normalized spacial score (nSPS) is 14.1. The van der Waals surface area contributed by atoms with Gasteiger partial charge in [0.1, 0.15) is 11.7 Å². The Kier molecular flexibility index (Phi) is 2.75. The molecule has 1 atom stereocenters. The molecule has 0 aliphatic heterocycles. The molecule has 0 aromatic carbocycles. The van der Waals surface area contributed by atoms with Crippen LogP contribution in [0.5, 0.6) is 5.75 Å². The Balaban J connectivity index is 3.11. The molecule has 0 amide bonds. The zero-order valence-electron chi connectivity index (χ0n) is 8.29. The van der Waals surface area contributed by atoms with Gasteiger partial charge in [-0.2, -0.15) is 5.10 Å². The summed E-state index contributed by atoms with van der Waals surface area (Å²) in [6, 6.07) is -1.41. The molecule has 0 radical (unpaired) electrons. The molecule has 0 saturated carbocycles. The fraction of sp³-hybridized carbons (Fsp3) is 0.625. The van der Waals surface area contributed by atoms with E-state index in [1.165, 1.54) is 18.0 Å². The van der Waals surface area contributed by atoms with E-state index in [0.29, 0.717) is 0 Å². The molecule has 4 nitrogen and oxygen atoms in total. The predicted octanol–water partition coefficient (Wildman–Crippen LogP) is 1.08. The quantitative estimate of drug-likeness (QED) is 0.803. The monoisotopic (exact) mass is 205 g/mol. The highest BCUT2D eigenvalue weighted by atomic mass is 19.3. The highest BCUT2D eigenvalue weighted by Crippen LogP contribution is 2.33. The van der Waals surface area contributed by atoms with Crippen LogP contribution in [0.4, 0.5) is 8.78 Å². The summed E-state index contributed by atoms with van der Waals surface area (Å²) in [4.78, 5) is 0. The number of aryl methyl sites for hydroxylation is 1. The summed E-state index contributed by atoms with van der Waals surface area (Å²) >= 11 is 0. The van der Waals surface area contributed by atoms with E-state index in [4.69, 9.17) is 10.5 Å². The smallest absolute Gasteiger partial charge is 0.265 e. The lowest BCUT2D eigenvalue weighted by molar-refractivity contribution is -0.00924. The first kappa shape index (κ1) is 10.9. The van der Waals surface area contributed by atoms with Crippen molar-refractivity contribution in [1.29, 1.82) is 0 Å². The van der Waals surface area contributed by atoms with Gasteiger partial charge in [0, 0.05) is 14.0 Å². The third-order valence-corrected chi connectivity index (χ3v) is 2.01. The van der Waals surface area contributed by atoms with Crippen molar-refractivity contribution in [2.24, 2.45) is 12.8 Å². The fourth-order valence-electron chi connectivity index (χ4n) is 1.18. The van der Waals surface area contributed by atoms with E-state index in [9.17, 15) is 8.78 Å². The molecule has 1 unspecified atom stereocenters. The van der Waals surface area contributed by atoms with Crippen LogP contribution in [0.1, 0.15) is 18.7 Å². The molecule has 0 fully saturated rings. The third kappa shape index (κ3) is 1.84. The van der Waals surface area contributed by atoms with Crippen molar-refractivity contribution in [1.82, 2.24) is 9.78 Å². The van der Waals surface area contributed by atoms with Gasteiger partial charge in [0.05, 0.1) is 13.3 Å². The number of ether oxygens (including phenoxy) is 1. The molecule has 1 rings (SSSR count). The highest BCUT2D eigenvalue weighted by Gasteiger charge is 2.36. The van der Waals surface area contributed by atoms with E-state index in [-0.39, 0.29) is 11.4 Å². The molecule has 80 valence electrons. The summed E-state index contributed by atoms with van der Waals surface area (Å²) in [6.07, 6.45) is 1.36. The van der Waals surface area contributed by atoms with Gasteiger partial charge in [-0.25, -0.2) is 8.78 Å². The molecule has 0 aliphatic carbocycles. The van der Waals surface area contributed by atoms with Crippen molar-refractivity contribution < 1.29 is 13.5 Å². The maximum atomic E-state index is 13.0. The summed E-state index contributed by atoms with van der Waals surface area (Å²) in [5, 5.41) is 3.80. The Hall–Kier alpha value is -1.17. The van der Waals surface area contributed by atoms with Crippen LogP contribution in [0, 0.1) is 0 Å². The van der Waals surface area contributed by atoms with Crippen molar-refractivity contribution in [3.8, 4) is 5.75 Å². The molecule has 6 heteroatoms. The molecule has 1 heterocycles. The number of hydrogen-bond donors (Lipinski definition) is 1. The van der Waals surface area contributed by atoms with Crippen molar-refractivity contribution in [3.63, 3.8) is 0 Å². The average molecular weight is 205 g/mol. The van der Waals surface area contributed by atoms with Crippen LogP contribution in [-0.4, -0.2) is 22.8 Å². The molecular weight excluding hydrogens is 192 g/mol. The van der Waals surface area contributed by atoms with E-state index in [1.54, 1.807) is 7.05 Å². The number of nitrogens with two attached hydrogens (primary N) is 1. The van der Waals surface area contributed by atoms with E-state index < -0.39 is 12.0 Å². The van der Waals surface area contributed by atoms with Crippen molar-refractivity contribution >= 4 is 0 Å². The van der Waals surface area contributed by atoms with E-state index in [2.05, 4.69) is 5.10 Å². The SMILES string of the molecule is COc1cnn(C)c1C(N)C(C)(F)F. The lowest BCUT2D eigenvalue weighted by Crippen LogP contribution is -2.31. The number of nitrogens with zero attached hydrogens (tertiary/aromatic N) is 2. The Morgan fingerprint density at radius 2 is 2.21 bits per heavy atom. The first-order chi connectivity index (χ1) is 6.38. The van der Waals surface area contributed by atoms with Crippen LogP contribution in [0.15, 0.2) is 6.20 Å². The van der Waals surface area contributed by atoms with Crippen molar-refractivity contribution in [2.75, 3.05) is 7.11 Å². The van der Waals surface area contributed by atoms with Gasteiger partial charge in [0.25, 0.3) is 5.92 Å². The van der Waals surface area contributed by atoms with Crippen molar-refractivity contribution in [3.05, 3.63) is 11.9 Å². The van der Waals surface area contributed by atoms with Crippen molar-refractivity contribution in [2.45, 2.75) is 18.9 Å².